The molecule has 0 atom stereocenters. The molecule has 0 spiro atoms. The Morgan fingerprint density at radius 2 is 2.13 bits per heavy atom. The van der Waals surface area contributed by atoms with Gasteiger partial charge >= 0.3 is 0 Å². The summed E-state index contributed by atoms with van der Waals surface area (Å²) < 4.78 is 15.7. The first kappa shape index (κ1) is 15.9. The van der Waals surface area contributed by atoms with Crippen LogP contribution in [0.25, 0.3) is 0 Å². The molecule has 1 aliphatic heterocycles. The first-order valence-electron chi connectivity index (χ1n) is 7.61. The Hall–Kier alpha value is -1.95. The van der Waals surface area contributed by atoms with Gasteiger partial charge in [0.15, 0.2) is 0 Å². The maximum absolute atomic E-state index is 13.8. The van der Waals surface area contributed by atoms with E-state index in [-0.39, 0.29) is 17.9 Å². The Balaban J connectivity index is 1.61. The number of aromatic nitrogens is 3. The molecule has 0 N–H and O–H groups in total. The molecule has 23 heavy (non-hydrogen) atoms. The molecule has 1 aliphatic rings. The van der Waals surface area contributed by atoms with E-state index in [0.29, 0.717) is 24.0 Å². The van der Waals surface area contributed by atoms with E-state index >= 15 is 0 Å². The molecule has 1 aromatic heterocycles. The summed E-state index contributed by atoms with van der Waals surface area (Å²) in [4.78, 5) is 14.2. The standard InChI is InChI=1S/C16H18ClFN4O/c1-21-10-19-20-16(21)11-5-7-22(8-6-11)15(23)9-12-13(17)3-2-4-14(12)18/h2-4,10-11H,5-9H2,1H3. The van der Waals surface area contributed by atoms with E-state index in [9.17, 15) is 9.18 Å². The third kappa shape index (κ3) is 3.37. The highest BCUT2D eigenvalue weighted by atomic mass is 35.5. The molecule has 1 fully saturated rings. The van der Waals surface area contributed by atoms with Gasteiger partial charge < -0.3 is 9.47 Å². The number of hydrogen-bond acceptors (Lipinski definition) is 3. The highest BCUT2D eigenvalue weighted by Crippen LogP contribution is 2.27. The maximum Gasteiger partial charge on any atom is 0.227 e. The number of nitrogens with zero attached hydrogens (tertiary/aromatic N) is 4. The van der Waals surface area contributed by atoms with E-state index in [1.807, 2.05) is 11.6 Å². The highest BCUT2D eigenvalue weighted by Gasteiger charge is 2.27. The summed E-state index contributed by atoms with van der Waals surface area (Å²) in [6, 6.07) is 4.47. The lowest BCUT2D eigenvalue weighted by Crippen LogP contribution is -2.39. The van der Waals surface area contributed by atoms with Crippen LogP contribution >= 0.6 is 11.6 Å². The van der Waals surface area contributed by atoms with Crippen molar-refractivity contribution in [2.45, 2.75) is 25.2 Å². The second-order valence-electron chi connectivity index (χ2n) is 5.83. The minimum Gasteiger partial charge on any atom is -0.342 e. The van der Waals surface area contributed by atoms with Crippen molar-refractivity contribution in [1.82, 2.24) is 19.7 Å². The van der Waals surface area contributed by atoms with Crippen LogP contribution in [0.3, 0.4) is 0 Å². The van der Waals surface area contributed by atoms with Crippen LogP contribution < -0.4 is 0 Å². The Kier molecular flexibility index (Phi) is 4.61. The van der Waals surface area contributed by atoms with Crippen molar-refractivity contribution in [2.75, 3.05) is 13.1 Å². The van der Waals surface area contributed by atoms with Crippen molar-refractivity contribution < 1.29 is 9.18 Å². The lowest BCUT2D eigenvalue weighted by molar-refractivity contribution is -0.131. The van der Waals surface area contributed by atoms with Crippen LogP contribution in [-0.2, 0) is 18.3 Å². The zero-order valence-electron chi connectivity index (χ0n) is 12.9. The summed E-state index contributed by atoms with van der Waals surface area (Å²) in [6.07, 6.45) is 3.36. The van der Waals surface area contributed by atoms with Gasteiger partial charge in [-0.3, -0.25) is 4.79 Å². The van der Waals surface area contributed by atoms with Crippen LogP contribution in [0.4, 0.5) is 4.39 Å². The first-order chi connectivity index (χ1) is 11.1. The van der Waals surface area contributed by atoms with E-state index < -0.39 is 5.82 Å². The Bertz CT molecular complexity index is 690. The predicted molar refractivity (Wildman–Crippen MR) is 84.7 cm³/mol. The van der Waals surface area contributed by atoms with Crippen LogP contribution in [0, 0.1) is 5.82 Å². The van der Waals surface area contributed by atoms with Gasteiger partial charge in [-0.05, 0) is 25.0 Å². The molecule has 0 bridgehead atoms. The summed E-state index contributed by atoms with van der Waals surface area (Å²) >= 11 is 5.99. The van der Waals surface area contributed by atoms with Crippen LogP contribution in [0.1, 0.15) is 30.1 Å². The number of hydrogen-bond donors (Lipinski definition) is 0. The molecular weight excluding hydrogens is 319 g/mol. The van der Waals surface area contributed by atoms with E-state index in [1.54, 1.807) is 17.3 Å². The summed E-state index contributed by atoms with van der Waals surface area (Å²) in [6.45, 7) is 1.28. The third-order valence-corrected chi connectivity index (χ3v) is 4.70. The minimum absolute atomic E-state index is 0.000133. The van der Waals surface area contributed by atoms with Gasteiger partial charge in [-0.1, -0.05) is 17.7 Å². The highest BCUT2D eigenvalue weighted by molar-refractivity contribution is 6.31. The molecule has 5 nitrogen and oxygen atoms in total. The number of aryl methyl sites for hydroxylation is 1. The minimum atomic E-state index is -0.431. The van der Waals surface area contributed by atoms with E-state index in [0.717, 1.165) is 18.7 Å². The van der Waals surface area contributed by atoms with Crippen LogP contribution in [0.15, 0.2) is 24.5 Å². The molecule has 0 aliphatic carbocycles. The summed E-state index contributed by atoms with van der Waals surface area (Å²) in [5, 5.41) is 8.34. The number of carbonyl (C=O) groups is 1. The molecule has 3 rings (SSSR count). The van der Waals surface area contributed by atoms with Crippen LogP contribution in [-0.4, -0.2) is 38.7 Å². The summed E-state index contributed by atoms with van der Waals surface area (Å²) in [7, 11) is 1.92. The van der Waals surface area contributed by atoms with Crippen molar-refractivity contribution in [3.8, 4) is 0 Å². The molecule has 1 saturated heterocycles. The Morgan fingerprint density at radius 1 is 1.39 bits per heavy atom. The van der Waals surface area contributed by atoms with Crippen molar-refractivity contribution >= 4 is 17.5 Å². The van der Waals surface area contributed by atoms with Crippen LogP contribution in [0.2, 0.25) is 5.02 Å². The number of benzene rings is 1. The molecular formula is C16H18ClFN4O. The van der Waals surface area contributed by atoms with E-state index in [2.05, 4.69) is 10.2 Å². The van der Waals surface area contributed by atoms with Gasteiger partial charge in [0.25, 0.3) is 0 Å². The SMILES string of the molecule is Cn1cnnc1C1CCN(C(=O)Cc2c(F)cccc2Cl)CC1. The number of carbonyl (C=O) groups excluding carboxylic acids is 1. The smallest absolute Gasteiger partial charge is 0.227 e. The van der Waals surface area contributed by atoms with Gasteiger partial charge in [0.05, 0.1) is 6.42 Å². The fourth-order valence-corrected chi connectivity index (χ4v) is 3.24. The van der Waals surface area contributed by atoms with Gasteiger partial charge in [-0.15, -0.1) is 10.2 Å². The number of rotatable bonds is 3. The van der Waals surface area contributed by atoms with E-state index in [4.69, 9.17) is 11.6 Å². The summed E-state index contributed by atoms with van der Waals surface area (Å²) in [5.41, 5.74) is 0.273. The van der Waals surface area contributed by atoms with Gasteiger partial charge in [0.1, 0.15) is 18.0 Å². The fourth-order valence-electron chi connectivity index (χ4n) is 3.01. The van der Waals surface area contributed by atoms with Gasteiger partial charge in [0, 0.05) is 36.6 Å². The molecule has 7 heteroatoms. The largest absolute Gasteiger partial charge is 0.342 e. The zero-order valence-corrected chi connectivity index (χ0v) is 13.6. The monoisotopic (exact) mass is 336 g/mol. The van der Waals surface area contributed by atoms with Gasteiger partial charge in [-0.2, -0.15) is 0 Å². The van der Waals surface area contributed by atoms with Gasteiger partial charge in [0.2, 0.25) is 5.91 Å². The first-order valence-corrected chi connectivity index (χ1v) is 7.98. The molecule has 0 radical (unpaired) electrons. The number of halogens is 2. The molecule has 1 aromatic carbocycles. The maximum atomic E-state index is 13.8. The van der Waals surface area contributed by atoms with E-state index in [1.165, 1.54) is 12.1 Å². The van der Waals surface area contributed by atoms with Crippen molar-refractivity contribution in [2.24, 2.45) is 7.05 Å². The van der Waals surface area contributed by atoms with Crippen LogP contribution in [0.5, 0.6) is 0 Å². The number of likely N-dealkylation sites (tertiary alicyclic amines) is 1. The molecule has 122 valence electrons. The average Bonchev–Trinajstić information content (AvgIpc) is 2.97. The van der Waals surface area contributed by atoms with Gasteiger partial charge in [-0.25, -0.2) is 4.39 Å². The number of amides is 1. The lowest BCUT2D eigenvalue weighted by atomic mass is 9.95. The normalized spacial score (nSPS) is 15.9. The second-order valence-corrected chi connectivity index (χ2v) is 6.24. The molecule has 2 heterocycles. The summed E-state index contributed by atoms with van der Waals surface area (Å²) in [5.74, 6) is 0.742. The Morgan fingerprint density at radius 3 is 2.74 bits per heavy atom. The average molecular weight is 337 g/mol. The third-order valence-electron chi connectivity index (χ3n) is 4.35. The fraction of sp³-hybridized carbons (Fsp3) is 0.438. The number of piperidine rings is 1. The molecule has 0 saturated carbocycles. The molecule has 2 aromatic rings. The predicted octanol–water partition coefficient (Wildman–Crippen LogP) is 2.56. The zero-order chi connectivity index (χ0) is 16.4. The molecule has 1 amide bonds. The topological polar surface area (TPSA) is 51.0 Å². The quantitative estimate of drug-likeness (QED) is 0.865. The molecule has 0 unspecified atom stereocenters. The van der Waals surface area contributed by atoms with Crippen molar-refractivity contribution in [3.63, 3.8) is 0 Å². The second kappa shape index (κ2) is 6.66. The van der Waals surface area contributed by atoms with Crippen molar-refractivity contribution in [1.29, 1.82) is 0 Å². The Labute approximate surface area is 139 Å². The van der Waals surface area contributed by atoms with Crippen molar-refractivity contribution in [3.05, 3.63) is 46.8 Å². The lowest BCUT2D eigenvalue weighted by Gasteiger charge is -2.31.